The number of carbonyl (C=O) groups excluding carboxylic acids is 2. The van der Waals surface area contributed by atoms with Crippen molar-refractivity contribution in [1.29, 1.82) is 0 Å². The molecule has 1 saturated heterocycles. The molecular weight excluding hydrogens is 386 g/mol. The SMILES string of the molecule is CC(C)(C)OC(=O)[C@@H](Cc1cccc(C(=O)O)c1)[C@H]1CCN(C(=O)OC(C)(C)C)C1. The van der Waals surface area contributed by atoms with E-state index in [9.17, 15) is 19.5 Å². The molecule has 166 valence electrons. The number of carbonyl (C=O) groups is 3. The molecular formula is C23H33NO6. The Hall–Kier alpha value is -2.57. The number of amides is 1. The smallest absolute Gasteiger partial charge is 0.410 e. The summed E-state index contributed by atoms with van der Waals surface area (Å²) in [4.78, 5) is 38.4. The standard InChI is InChI=1S/C23H33NO6/c1-22(2,3)29-20(27)18(13-15-8-7-9-16(12-15)19(25)26)17-10-11-24(14-17)21(28)30-23(4,5)6/h7-9,12,17-18H,10-11,13-14H2,1-6H3,(H,25,26)/t17-,18-/m0/s1. The van der Waals surface area contributed by atoms with E-state index >= 15 is 0 Å². The first-order valence-electron chi connectivity index (χ1n) is 10.3. The Morgan fingerprint density at radius 2 is 1.73 bits per heavy atom. The summed E-state index contributed by atoms with van der Waals surface area (Å²) in [7, 11) is 0. The molecule has 0 spiro atoms. The minimum absolute atomic E-state index is 0.0964. The number of rotatable bonds is 5. The summed E-state index contributed by atoms with van der Waals surface area (Å²) in [6.07, 6.45) is 0.616. The van der Waals surface area contributed by atoms with Crippen LogP contribution in [-0.4, -0.2) is 52.3 Å². The number of carboxylic acids is 1. The highest BCUT2D eigenvalue weighted by Gasteiger charge is 2.39. The normalized spacial score (nSPS) is 18.1. The Morgan fingerprint density at radius 1 is 1.10 bits per heavy atom. The van der Waals surface area contributed by atoms with Crippen LogP contribution < -0.4 is 0 Å². The summed E-state index contributed by atoms with van der Waals surface area (Å²) in [5.74, 6) is -1.93. The van der Waals surface area contributed by atoms with Crippen molar-refractivity contribution >= 4 is 18.0 Å². The van der Waals surface area contributed by atoms with Gasteiger partial charge in [-0.05, 0) is 78.0 Å². The van der Waals surface area contributed by atoms with Crippen molar-refractivity contribution in [2.45, 2.75) is 65.6 Å². The summed E-state index contributed by atoms with van der Waals surface area (Å²) in [5.41, 5.74) is -0.294. The van der Waals surface area contributed by atoms with E-state index in [-0.39, 0.29) is 23.5 Å². The molecule has 2 rings (SSSR count). The second kappa shape index (κ2) is 9.06. The van der Waals surface area contributed by atoms with Gasteiger partial charge >= 0.3 is 18.0 Å². The topological polar surface area (TPSA) is 93.1 Å². The second-order valence-electron chi connectivity index (χ2n) is 9.82. The van der Waals surface area contributed by atoms with Gasteiger partial charge in [-0.3, -0.25) is 4.79 Å². The molecule has 2 atom stereocenters. The molecule has 0 aliphatic carbocycles. The molecule has 1 heterocycles. The third-order valence-electron chi connectivity index (χ3n) is 4.78. The number of ether oxygens (including phenoxy) is 2. The lowest BCUT2D eigenvalue weighted by Gasteiger charge is -2.28. The van der Waals surface area contributed by atoms with Gasteiger partial charge in [0.05, 0.1) is 11.5 Å². The average Bonchev–Trinajstić information content (AvgIpc) is 3.06. The summed E-state index contributed by atoms with van der Waals surface area (Å²) >= 11 is 0. The van der Waals surface area contributed by atoms with Crippen molar-refractivity contribution in [2.24, 2.45) is 11.8 Å². The highest BCUT2D eigenvalue weighted by Crippen LogP contribution is 2.30. The molecule has 7 nitrogen and oxygen atoms in total. The van der Waals surface area contributed by atoms with E-state index in [4.69, 9.17) is 9.47 Å². The van der Waals surface area contributed by atoms with Crippen LogP contribution >= 0.6 is 0 Å². The van der Waals surface area contributed by atoms with Crippen LogP contribution in [0, 0.1) is 11.8 Å². The van der Waals surface area contributed by atoms with Gasteiger partial charge in [0.2, 0.25) is 0 Å². The molecule has 1 amide bonds. The van der Waals surface area contributed by atoms with Crippen LogP contribution in [0.2, 0.25) is 0 Å². The third-order valence-corrected chi connectivity index (χ3v) is 4.78. The quantitative estimate of drug-likeness (QED) is 0.721. The summed E-state index contributed by atoms with van der Waals surface area (Å²) in [6, 6.07) is 6.59. The molecule has 1 N–H and O–H groups in total. The molecule has 0 saturated carbocycles. The number of esters is 1. The van der Waals surface area contributed by atoms with Gasteiger partial charge < -0.3 is 19.5 Å². The fourth-order valence-corrected chi connectivity index (χ4v) is 3.51. The van der Waals surface area contributed by atoms with Crippen molar-refractivity contribution in [3.05, 3.63) is 35.4 Å². The molecule has 1 aromatic carbocycles. The fraction of sp³-hybridized carbons (Fsp3) is 0.609. The summed E-state index contributed by atoms with van der Waals surface area (Å²) in [6.45, 7) is 11.8. The maximum Gasteiger partial charge on any atom is 0.410 e. The molecule has 1 fully saturated rings. The van der Waals surface area contributed by atoms with Crippen LogP contribution in [0.1, 0.15) is 63.9 Å². The highest BCUT2D eigenvalue weighted by atomic mass is 16.6. The van der Waals surface area contributed by atoms with Crippen LogP contribution in [0.4, 0.5) is 4.79 Å². The number of benzene rings is 1. The first-order chi connectivity index (χ1) is 13.7. The van der Waals surface area contributed by atoms with Crippen molar-refractivity contribution in [3.8, 4) is 0 Å². The fourth-order valence-electron chi connectivity index (χ4n) is 3.51. The van der Waals surface area contributed by atoms with E-state index in [0.29, 0.717) is 25.9 Å². The number of hydrogen-bond donors (Lipinski definition) is 1. The van der Waals surface area contributed by atoms with Crippen molar-refractivity contribution in [2.75, 3.05) is 13.1 Å². The van der Waals surface area contributed by atoms with E-state index in [1.165, 1.54) is 6.07 Å². The first-order valence-corrected chi connectivity index (χ1v) is 10.3. The van der Waals surface area contributed by atoms with Gasteiger partial charge in [-0.25, -0.2) is 9.59 Å². The van der Waals surface area contributed by atoms with Gasteiger partial charge in [0, 0.05) is 13.1 Å². The van der Waals surface area contributed by atoms with Crippen LogP contribution in [0.15, 0.2) is 24.3 Å². The Kier molecular flexibility index (Phi) is 7.16. The van der Waals surface area contributed by atoms with E-state index in [2.05, 4.69) is 0 Å². The molecule has 30 heavy (non-hydrogen) atoms. The van der Waals surface area contributed by atoms with Crippen LogP contribution in [0.5, 0.6) is 0 Å². The zero-order chi connectivity index (χ0) is 22.7. The molecule has 1 aliphatic heterocycles. The molecule has 7 heteroatoms. The monoisotopic (exact) mass is 419 g/mol. The summed E-state index contributed by atoms with van der Waals surface area (Å²) < 4.78 is 11.1. The lowest BCUT2D eigenvalue weighted by molar-refractivity contribution is -0.161. The zero-order valence-corrected chi connectivity index (χ0v) is 18.7. The Labute approximate surface area is 178 Å². The summed E-state index contributed by atoms with van der Waals surface area (Å²) in [5, 5.41) is 9.26. The molecule has 1 aliphatic rings. The molecule has 1 aromatic rings. The van der Waals surface area contributed by atoms with Crippen molar-refractivity contribution in [3.63, 3.8) is 0 Å². The molecule has 0 aromatic heterocycles. The van der Waals surface area contributed by atoms with E-state index in [1.54, 1.807) is 17.0 Å². The van der Waals surface area contributed by atoms with Gasteiger partial charge in [-0.15, -0.1) is 0 Å². The lowest BCUT2D eigenvalue weighted by atomic mass is 9.85. The zero-order valence-electron chi connectivity index (χ0n) is 18.7. The van der Waals surface area contributed by atoms with Crippen molar-refractivity contribution in [1.82, 2.24) is 4.90 Å². The van der Waals surface area contributed by atoms with Gasteiger partial charge in [0.25, 0.3) is 0 Å². The third kappa shape index (κ3) is 7.04. The number of hydrogen-bond acceptors (Lipinski definition) is 5. The number of aromatic carboxylic acids is 1. The molecule has 0 bridgehead atoms. The predicted octanol–water partition coefficient (Wildman–Crippen LogP) is 4.14. The Balaban J connectivity index is 2.20. The first kappa shape index (κ1) is 23.7. The average molecular weight is 420 g/mol. The van der Waals surface area contributed by atoms with Crippen LogP contribution in [0.25, 0.3) is 0 Å². The minimum Gasteiger partial charge on any atom is -0.478 e. The minimum atomic E-state index is -1.01. The Bertz CT molecular complexity index is 790. The lowest BCUT2D eigenvalue weighted by Crippen LogP contribution is -2.38. The molecule has 0 unspecified atom stereocenters. The predicted molar refractivity (Wildman–Crippen MR) is 112 cm³/mol. The van der Waals surface area contributed by atoms with Crippen LogP contribution in [-0.2, 0) is 20.7 Å². The van der Waals surface area contributed by atoms with Gasteiger partial charge in [-0.2, -0.15) is 0 Å². The highest BCUT2D eigenvalue weighted by molar-refractivity contribution is 5.87. The largest absolute Gasteiger partial charge is 0.478 e. The van der Waals surface area contributed by atoms with E-state index in [1.807, 2.05) is 47.6 Å². The van der Waals surface area contributed by atoms with Gasteiger partial charge in [0.1, 0.15) is 11.2 Å². The second-order valence-corrected chi connectivity index (χ2v) is 9.82. The number of carboxylic acid groups (broad SMARTS) is 1. The van der Waals surface area contributed by atoms with Crippen molar-refractivity contribution < 1.29 is 29.0 Å². The Morgan fingerprint density at radius 3 is 2.30 bits per heavy atom. The van der Waals surface area contributed by atoms with E-state index < -0.39 is 23.1 Å². The van der Waals surface area contributed by atoms with E-state index in [0.717, 1.165) is 5.56 Å². The van der Waals surface area contributed by atoms with Gasteiger partial charge in [-0.1, -0.05) is 12.1 Å². The van der Waals surface area contributed by atoms with Gasteiger partial charge in [0.15, 0.2) is 0 Å². The number of nitrogens with zero attached hydrogens (tertiary/aromatic N) is 1. The number of likely N-dealkylation sites (tertiary alicyclic amines) is 1. The maximum absolute atomic E-state index is 13.0. The maximum atomic E-state index is 13.0. The molecule has 0 radical (unpaired) electrons. The van der Waals surface area contributed by atoms with Crippen LogP contribution in [0.3, 0.4) is 0 Å².